The molecule has 1 rings (SSSR count). The molecule has 1 aromatic carbocycles. The average Bonchev–Trinajstić information content (AvgIpc) is 2.41. The lowest BCUT2D eigenvalue weighted by Gasteiger charge is -2.26. The number of nitrogens with one attached hydrogen (secondary N) is 1. The van der Waals surface area contributed by atoms with Crippen molar-refractivity contribution in [2.45, 2.75) is 32.2 Å². The maximum absolute atomic E-state index is 7.68. The summed E-state index contributed by atoms with van der Waals surface area (Å²) in [6, 6.07) is 8.71. The molecule has 1 unspecified atom stereocenters. The highest BCUT2D eigenvalue weighted by molar-refractivity contribution is 8.01. The molecule has 1 atom stereocenters. The largest absolute Gasteiger partial charge is 0.300 e. The fourth-order valence-electron chi connectivity index (χ4n) is 1.86. The smallest absolute Gasteiger partial charge is 0.0675 e. The lowest BCUT2D eigenvalue weighted by molar-refractivity contribution is 0.300. The number of benzene rings is 1. The van der Waals surface area contributed by atoms with Gasteiger partial charge in [0.05, 0.1) is 10.8 Å². The Morgan fingerprint density at radius 2 is 2.05 bits per heavy atom. The summed E-state index contributed by atoms with van der Waals surface area (Å²) >= 11 is 1.84. The number of thioether (sulfide) groups is 1. The third-order valence-electron chi connectivity index (χ3n) is 3.00. The standard InChI is InChI=1S/C15H23N2PS/c1-5-15(19-11-14(16)18-4)17(3)10-13-8-6-12(2)7-9-13/h6-9,15-16H,4-5,10-11H2,1-3H3. The van der Waals surface area contributed by atoms with Crippen molar-refractivity contribution in [3.05, 3.63) is 35.4 Å². The Bertz CT molecular complexity index is 417. The molecule has 4 heteroatoms. The molecule has 0 fully saturated rings. The van der Waals surface area contributed by atoms with Gasteiger partial charge >= 0.3 is 0 Å². The van der Waals surface area contributed by atoms with Gasteiger partial charge in [0.2, 0.25) is 0 Å². The van der Waals surface area contributed by atoms with Crippen LogP contribution in [0.5, 0.6) is 0 Å². The second kappa shape index (κ2) is 8.52. The van der Waals surface area contributed by atoms with Crippen molar-refractivity contribution in [3.8, 4) is 0 Å². The molecule has 0 saturated heterocycles. The third-order valence-corrected chi connectivity index (χ3v) is 5.28. The van der Waals surface area contributed by atoms with Crippen LogP contribution in [0.1, 0.15) is 24.5 Å². The number of nitrogens with zero attached hydrogens (tertiary/aromatic N) is 1. The molecular formula is C15H23N2PS. The fourth-order valence-corrected chi connectivity index (χ4v) is 3.36. The van der Waals surface area contributed by atoms with Crippen LogP contribution in [-0.4, -0.2) is 34.8 Å². The molecule has 104 valence electrons. The van der Waals surface area contributed by atoms with E-state index in [2.05, 4.69) is 56.4 Å². The summed E-state index contributed by atoms with van der Waals surface area (Å²) in [7, 11) is 3.00. The maximum Gasteiger partial charge on any atom is 0.0675 e. The summed E-state index contributed by atoms with van der Waals surface area (Å²) in [6.45, 7) is 5.28. The van der Waals surface area contributed by atoms with Crippen molar-refractivity contribution in [2.24, 2.45) is 0 Å². The third kappa shape index (κ3) is 5.90. The van der Waals surface area contributed by atoms with E-state index in [1.54, 1.807) is 0 Å². The summed E-state index contributed by atoms with van der Waals surface area (Å²) < 4.78 is 0. The first kappa shape index (κ1) is 16.4. The molecular weight excluding hydrogens is 271 g/mol. The Balaban J connectivity index is 2.53. The van der Waals surface area contributed by atoms with Crippen LogP contribution in [0.4, 0.5) is 0 Å². The van der Waals surface area contributed by atoms with Crippen LogP contribution in [0.2, 0.25) is 0 Å². The van der Waals surface area contributed by atoms with Crippen molar-refractivity contribution < 1.29 is 0 Å². The molecule has 0 saturated carbocycles. The summed E-state index contributed by atoms with van der Waals surface area (Å²) in [5.41, 5.74) is 3.35. The van der Waals surface area contributed by atoms with Crippen LogP contribution < -0.4 is 0 Å². The first-order valence-electron chi connectivity index (χ1n) is 6.48. The minimum Gasteiger partial charge on any atom is -0.300 e. The van der Waals surface area contributed by atoms with Gasteiger partial charge in [-0.1, -0.05) is 51.3 Å². The molecule has 0 radical (unpaired) electrons. The van der Waals surface area contributed by atoms with Crippen molar-refractivity contribution in [1.82, 2.24) is 4.90 Å². The molecule has 0 aliphatic carbocycles. The second-order valence-electron chi connectivity index (χ2n) is 4.68. The van der Waals surface area contributed by atoms with Crippen LogP contribution in [0.15, 0.2) is 24.3 Å². The van der Waals surface area contributed by atoms with E-state index in [1.165, 1.54) is 11.1 Å². The Labute approximate surface area is 122 Å². The van der Waals surface area contributed by atoms with Gasteiger partial charge in [0, 0.05) is 12.3 Å². The Morgan fingerprint density at radius 3 is 2.58 bits per heavy atom. The highest BCUT2D eigenvalue weighted by atomic mass is 32.2. The van der Waals surface area contributed by atoms with Gasteiger partial charge in [-0.25, -0.2) is 0 Å². The van der Waals surface area contributed by atoms with Crippen molar-refractivity contribution in [2.75, 3.05) is 12.8 Å². The Morgan fingerprint density at radius 1 is 1.42 bits per heavy atom. The maximum atomic E-state index is 7.68. The van der Waals surface area contributed by atoms with Crippen molar-refractivity contribution in [1.29, 1.82) is 5.41 Å². The quantitative estimate of drug-likeness (QED) is 0.441. The van der Waals surface area contributed by atoms with Gasteiger partial charge in [-0.3, -0.25) is 10.3 Å². The van der Waals surface area contributed by atoms with Crippen LogP contribution in [0, 0.1) is 12.3 Å². The van der Waals surface area contributed by atoms with Gasteiger partial charge in [-0.05, 0) is 26.0 Å². The summed E-state index contributed by atoms with van der Waals surface area (Å²) in [6.07, 6.45) is 4.82. The number of rotatable bonds is 8. The van der Waals surface area contributed by atoms with E-state index in [0.29, 0.717) is 10.8 Å². The number of hydrogen-bond acceptors (Lipinski definition) is 3. The van der Waals surface area contributed by atoms with Gasteiger partial charge in [-0.15, -0.1) is 11.8 Å². The van der Waals surface area contributed by atoms with E-state index in [1.807, 2.05) is 11.8 Å². The number of hydrogen-bond donors (Lipinski definition) is 1. The van der Waals surface area contributed by atoms with Crippen molar-refractivity contribution >= 4 is 31.7 Å². The molecule has 0 heterocycles. The van der Waals surface area contributed by atoms with Crippen LogP contribution in [0.25, 0.3) is 0 Å². The van der Waals surface area contributed by atoms with E-state index in [-0.39, 0.29) is 0 Å². The van der Waals surface area contributed by atoms with Crippen molar-refractivity contribution in [3.63, 3.8) is 0 Å². The first-order valence-corrected chi connectivity index (χ1v) is 8.61. The van der Waals surface area contributed by atoms with E-state index < -0.39 is 0 Å². The minimum absolute atomic E-state index is 0.461. The Kier molecular flexibility index (Phi) is 7.37. The molecule has 1 aromatic rings. The highest BCUT2D eigenvalue weighted by Crippen LogP contribution is 2.21. The van der Waals surface area contributed by atoms with Crippen LogP contribution in [0.3, 0.4) is 0 Å². The van der Waals surface area contributed by atoms with E-state index in [0.717, 1.165) is 26.9 Å². The SMILES string of the molecule is C=PC(=N)CSC(CC)N(C)Cc1ccc(C)cc1. The monoisotopic (exact) mass is 294 g/mol. The molecule has 19 heavy (non-hydrogen) atoms. The molecule has 2 nitrogen and oxygen atoms in total. The fraction of sp³-hybridized carbons (Fsp3) is 0.467. The summed E-state index contributed by atoms with van der Waals surface area (Å²) in [4.78, 5) is 2.36. The molecule has 0 bridgehead atoms. The molecule has 0 spiro atoms. The predicted molar refractivity (Wildman–Crippen MR) is 91.0 cm³/mol. The van der Waals surface area contributed by atoms with Crippen LogP contribution >= 0.6 is 20.0 Å². The predicted octanol–water partition coefficient (Wildman–Crippen LogP) is 4.25. The van der Waals surface area contributed by atoms with Gasteiger partial charge in [0.25, 0.3) is 0 Å². The zero-order chi connectivity index (χ0) is 14.3. The first-order chi connectivity index (χ1) is 9.06. The van der Waals surface area contributed by atoms with Crippen LogP contribution in [-0.2, 0) is 6.54 Å². The minimum atomic E-state index is 0.461. The number of aryl methyl sites for hydroxylation is 1. The van der Waals surface area contributed by atoms with E-state index in [4.69, 9.17) is 5.41 Å². The lowest BCUT2D eigenvalue weighted by Crippen LogP contribution is -2.28. The normalized spacial score (nSPS) is 12.8. The topological polar surface area (TPSA) is 27.1 Å². The average molecular weight is 294 g/mol. The molecule has 0 aliphatic heterocycles. The Hall–Kier alpha value is -0.630. The molecule has 0 aromatic heterocycles. The zero-order valence-electron chi connectivity index (χ0n) is 12.0. The summed E-state index contributed by atoms with van der Waals surface area (Å²) in [5.74, 6) is 0.780. The van der Waals surface area contributed by atoms with E-state index >= 15 is 0 Å². The van der Waals surface area contributed by atoms with E-state index in [9.17, 15) is 0 Å². The second-order valence-corrected chi connectivity index (χ2v) is 6.70. The summed E-state index contributed by atoms with van der Waals surface area (Å²) in [5, 5.41) is 8.14. The van der Waals surface area contributed by atoms with Gasteiger partial charge < -0.3 is 0 Å². The van der Waals surface area contributed by atoms with Gasteiger partial charge in [-0.2, -0.15) is 0 Å². The molecule has 1 N–H and O–H groups in total. The lowest BCUT2D eigenvalue weighted by atomic mass is 10.1. The van der Waals surface area contributed by atoms with Gasteiger partial charge in [0.1, 0.15) is 0 Å². The molecule has 0 amide bonds. The zero-order valence-corrected chi connectivity index (χ0v) is 13.7. The highest BCUT2D eigenvalue weighted by Gasteiger charge is 2.13. The van der Waals surface area contributed by atoms with Gasteiger partial charge in [0.15, 0.2) is 0 Å². The molecule has 0 aliphatic rings.